The Morgan fingerprint density at radius 3 is 2.20 bits per heavy atom. The van der Waals surface area contributed by atoms with Gasteiger partial charge in [0.05, 0.1) is 13.2 Å². The van der Waals surface area contributed by atoms with E-state index >= 15 is 0 Å². The predicted octanol–water partition coefficient (Wildman–Crippen LogP) is -0.179. The molecule has 1 rings (SSSR count). The number of aliphatic hydroxyl groups excluding tert-OH is 1. The lowest BCUT2D eigenvalue weighted by atomic mass is 10.1. The fraction of sp³-hybridized carbons (Fsp3) is 0.909. The molecule has 1 aliphatic rings. The van der Waals surface area contributed by atoms with Crippen LogP contribution in [0.15, 0.2) is 0 Å². The molecule has 0 unspecified atom stereocenters. The molecule has 0 spiro atoms. The molecule has 0 bridgehead atoms. The molecule has 15 heavy (non-hydrogen) atoms. The maximum absolute atomic E-state index is 11.5. The van der Waals surface area contributed by atoms with E-state index < -0.39 is 0 Å². The Hall–Kier alpha value is -0.450. The van der Waals surface area contributed by atoms with Crippen molar-refractivity contribution in [2.24, 2.45) is 5.92 Å². The normalized spacial score (nSPS) is 19.7. The average molecular weight is 214 g/mol. The van der Waals surface area contributed by atoms with Crippen LogP contribution in [0.25, 0.3) is 0 Å². The Kier molecular flexibility index (Phi) is 5.22. The summed E-state index contributed by atoms with van der Waals surface area (Å²) in [6.45, 7) is 9.28. The number of hydrogen-bond acceptors (Lipinski definition) is 4. The zero-order chi connectivity index (χ0) is 11.3. The zero-order valence-corrected chi connectivity index (χ0v) is 9.78. The fourth-order valence-electron chi connectivity index (χ4n) is 1.72. The van der Waals surface area contributed by atoms with Gasteiger partial charge in [0.1, 0.15) is 5.78 Å². The number of nitrogens with zero attached hydrogens (tertiary/aromatic N) is 2. The first-order valence-electron chi connectivity index (χ1n) is 5.71. The van der Waals surface area contributed by atoms with Crippen LogP contribution in [0, 0.1) is 5.92 Å². The van der Waals surface area contributed by atoms with Crippen LogP contribution in [0.1, 0.15) is 13.8 Å². The van der Waals surface area contributed by atoms with Crippen molar-refractivity contribution in [3.05, 3.63) is 0 Å². The molecule has 1 fully saturated rings. The van der Waals surface area contributed by atoms with E-state index in [4.69, 9.17) is 5.11 Å². The molecule has 1 saturated heterocycles. The van der Waals surface area contributed by atoms with Gasteiger partial charge in [-0.05, 0) is 0 Å². The minimum Gasteiger partial charge on any atom is -0.395 e. The van der Waals surface area contributed by atoms with E-state index in [2.05, 4.69) is 9.80 Å². The minimum atomic E-state index is 0.139. The lowest BCUT2D eigenvalue weighted by molar-refractivity contribution is -0.123. The van der Waals surface area contributed by atoms with Crippen LogP contribution in [0.5, 0.6) is 0 Å². The van der Waals surface area contributed by atoms with Gasteiger partial charge in [-0.1, -0.05) is 13.8 Å². The molecule has 0 amide bonds. The number of carbonyl (C=O) groups excluding carboxylic acids is 1. The quantitative estimate of drug-likeness (QED) is 0.689. The highest BCUT2D eigenvalue weighted by molar-refractivity contribution is 5.82. The number of carbonyl (C=O) groups is 1. The van der Waals surface area contributed by atoms with E-state index in [1.807, 2.05) is 13.8 Å². The van der Waals surface area contributed by atoms with Crippen LogP contribution >= 0.6 is 0 Å². The predicted molar refractivity (Wildman–Crippen MR) is 59.8 cm³/mol. The second kappa shape index (κ2) is 6.20. The van der Waals surface area contributed by atoms with Crippen molar-refractivity contribution in [3.8, 4) is 0 Å². The molecule has 1 aliphatic heterocycles. The van der Waals surface area contributed by atoms with Crippen molar-refractivity contribution in [1.29, 1.82) is 0 Å². The smallest absolute Gasteiger partial charge is 0.149 e. The van der Waals surface area contributed by atoms with E-state index in [1.165, 1.54) is 0 Å². The Morgan fingerprint density at radius 2 is 1.73 bits per heavy atom. The number of hydrogen-bond donors (Lipinski definition) is 1. The van der Waals surface area contributed by atoms with E-state index in [9.17, 15) is 4.79 Å². The van der Waals surface area contributed by atoms with Crippen LogP contribution in [-0.2, 0) is 4.79 Å². The van der Waals surface area contributed by atoms with E-state index in [0.717, 1.165) is 32.7 Å². The van der Waals surface area contributed by atoms with Gasteiger partial charge >= 0.3 is 0 Å². The van der Waals surface area contributed by atoms with Gasteiger partial charge in [-0.3, -0.25) is 14.6 Å². The molecule has 0 saturated carbocycles. The largest absolute Gasteiger partial charge is 0.395 e. The number of aliphatic hydroxyl groups is 1. The third-order valence-electron chi connectivity index (χ3n) is 2.90. The molecule has 0 atom stereocenters. The van der Waals surface area contributed by atoms with Crippen molar-refractivity contribution in [3.63, 3.8) is 0 Å². The van der Waals surface area contributed by atoms with Crippen molar-refractivity contribution in [1.82, 2.24) is 9.80 Å². The topological polar surface area (TPSA) is 43.8 Å². The highest BCUT2D eigenvalue weighted by atomic mass is 16.3. The van der Waals surface area contributed by atoms with E-state index in [0.29, 0.717) is 12.3 Å². The second-order valence-corrected chi connectivity index (χ2v) is 4.46. The van der Waals surface area contributed by atoms with Crippen LogP contribution in [-0.4, -0.2) is 66.6 Å². The molecule has 88 valence electrons. The summed E-state index contributed by atoms with van der Waals surface area (Å²) in [7, 11) is 0. The summed E-state index contributed by atoms with van der Waals surface area (Å²) in [4.78, 5) is 16.0. The van der Waals surface area contributed by atoms with Gasteiger partial charge in [-0.25, -0.2) is 0 Å². The van der Waals surface area contributed by atoms with Gasteiger partial charge in [0.15, 0.2) is 0 Å². The number of rotatable bonds is 5. The summed E-state index contributed by atoms with van der Waals surface area (Å²) in [6, 6.07) is 0. The van der Waals surface area contributed by atoms with Crippen LogP contribution in [0.3, 0.4) is 0 Å². The van der Waals surface area contributed by atoms with Gasteiger partial charge in [-0.15, -0.1) is 0 Å². The molecule has 1 heterocycles. The molecule has 0 aliphatic carbocycles. The van der Waals surface area contributed by atoms with Gasteiger partial charge in [0.25, 0.3) is 0 Å². The number of ketones is 1. The highest BCUT2D eigenvalue weighted by Crippen LogP contribution is 2.03. The summed E-state index contributed by atoms with van der Waals surface area (Å²) in [5.74, 6) is 0.464. The maximum atomic E-state index is 11.5. The molecule has 1 N–H and O–H groups in total. The van der Waals surface area contributed by atoms with Crippen LogP contribution in [0.4, 0.5) is 0 Å². The standard InChI is InChI=1S/C11H22N2O2/c1-10(2)11(15)9-13-5-3-12(4-6-13)7-8-14/h10,14H,3-9H2,1-2H3. The van der Waals surface area contributed by atoms with Crippen LogP contribution < -0.4 is 0 Å². The van der Waals surface area contributed by atoms with Gasteiger partial charge in [0.2, 0.25) is 0 Å². The van der Waals surface area contributed by atoms with E-state index in [1.54, 1.807) is 0 Å². The first kappa shape index (κ1) is 12.6. The molecular weight excluding hydrogens is 192 g/mol. The van der Waals surface area contributed by atoms with Crippen molar-refractivity contribution < 1.29 is 9.90 Å². The van der Waals surface area contributed by atoms with Gasteiger partial charge in [-0.2, -0.15) is 0 Å². The summed E-state index contributed by atoms with van der Waals surface area (Å²) < 4.78 is 0. The molecule has 4 nitrogen and oxygen atoms in total. The number of Topliss-reactive ketones (excluding diaryl/α,β-unsaturated/α-hetero) is 1. The second-order valence-electron chi connectivity index (χ2n) is 4.46. The Balaban J connectivity index is 2.22. The minimum absolute atomic E-state index is 0.139. The fourth-order valence-corrected chi connectivity index (χ4v) is 1.72. The Bertz CT molecular complexity index is 199. The Morgan fingerprint density at radius 1 is 1.20 bits per heavy atom. The zero-order valence-electron chi connectivity index (χ0n) is 9.78. The highest BCUT2D eigenvalue weighted by Gasteiger charge is 2.19. The average Bonchev–Trinajstić information content (AvgIpc) is 2.21. The molecule has 0 radical (unpaired) electrons. The van der Waals surface area contributed by atoms with Crippen molar-refractivity contribution in [2.75, 3.05) is 45.9 Å². The first-order chi connectivity index (χ1) is 7.13. The maximum Gasteiger partial charge on any atom is 0.149 e. The van der Waals surface area contributed by atoms with Crippen LogP contribution in [0.2, 0.25) is 0 Å². The molecule has 0 aromatic rings. The van der Waals surface area contributed by atoms with Gasteiger partial charge in [0, 0.05) is 38.6 Å². The lowest BCUT2D eigenvalue weighted by Crippen LogP contribution is -2.48. The summed E-state index contributed by atoms with van der Waals surface area (Å²) in [6.07, 6.45) is 0. The third-order valence-corrected chi connectivity index (χ3v) is 2.90. The van der Waals surface area contributed by atoms with E-state index in [-0.39, 0.29) is 12.5 Å². The van der Waals surface area contributed by atoms with Gasteiger partial charge < -0.3 is 5.11 Å². The number of piperazine rings is 1. The molecule has 4 heteroatoms. The lowest BCUT2D eigenvalue weighted by Gasteiger charge is -2.34. The third kappa shape index (κ3) is 4.28. The number of β-amino-alcohol motifs (C(OH)–C–C–N with tert-alkyl or cyclic N) is 1. The summed E-state index contributed by atoms with van der Waals surface area (Å²) in [5.41, 5.74) is 0. The summed E-state index contributed by atoms with van der Waals surface area (Å²) in [5, 5.41) is 8.79. The molecular formula is C11H22N2O2. The SMILES string of the molecule is CC(C)C(=O)CN1CCN(CCO)CC1. The summed E-state index contributed by atoms with van der Waals surface area (Å²) >= 11 is 0. The van der Waals surface area contributed by atoms with Crippen molar-refractivity contribution >= 4 is 5.78 Å². The molecule has 0 aromatic heterocycles. The Labute approximate surface area is 91.9 Å². The van der Waals surface area contributed by atoms with Crippen molar-refractivity contribution in [2.45, 2.75) is 13.8 Å². The molecule has 0 aromatic carbocycles. The monoisotopic (exact) mass is 214 g/mol. The first-order valence-corrected chi connectivity index (χ1v) is 5.71.